The lowest BCUT2D eigenvalue weighted by atomic mass is 10.5. The van der Waals surface area contributed by atoms with Crippen LogP contribution in [0.1, 0.15) is 6.42 Å². The van der Waals surface area contributed by atoms with Gasteiger partial charge in [-0.1, -0.05) is 13.2 Å². The van der Waals surface area contributed by atoms with E-state index in [9.17, 15) is 9.59 Å². The molecule has 0 aromatic rings. The maximum absolute atomic E-state index is 10.6. The molecule has 14 heavy (non-hydrogen) atoms. The van der Waals surface area contributed by atoms with Gasteiger partial charge in [0.2, 0.25) is 9.76 Å². The molecule has 0 saturated carbocycles. The predicted octanol–water partition coefficient (Wildman–Crippen LogP) is 0.337. The van der Waals surface area contributed by atoms with Crippen LogP contribution in [0.4, 0.5) is 0 Å². The van der Waals surface area contributed by atoms with Gasteiger partial charge in [0.1, 0.15) is 0 Å². The lowest BCUT2D eigenvalue weighted by Crippen LogP contribution is -2.07. The Hall–Kier alpha value is -1.36. The molecule has 0 aliphatic heterocycles. The van der Waals surface area contributed by atoms with Gasteiger partial charge in [-0.05, 0) is 12.5 Å². The van der Waals surface area contributed by atoms with E-state index in [0.717, 1.165) is 24.6 Å². The molecule has 0 amide bonds. The summed E-state index contributed by atoms with van der Waals surface area (Å²) in [5.74, 6) is -0.797. The van der Waals surface area contributed by atoms with Crippen LogP contribution in [0.15, 0.2) is 25.3 Å². The van der Waals surface area contributed by atoms with Gasteiger partial charge in [0.05, 0.1) is 6.61 Å². The molecule has 0 unspecified atom stereocenters. The number of hydrogen-bond acceptors (Lipinski definition) is 4. The molecule has 0 N–H and O–H groups in total. The van der Waals surface area contributed by atoms with Crippen molar-refractivity contribution in [3.8, 4) is 0 Å². The molecule has 0 heterocycles. The van der Waals surface area contributed by atoms with E-state index in [2.05, 4.69) is 13.2 Å². The number of rotatable bonds is 7. The van der Waals surface area contributed by atoms with E-state index in [0.29, 0.717) is 6.61 Å². The number of esters is 1. The fraction of sp³-hybridized carbons (Fsp3) is 0.333. The van der Waals surface area contributed by atoms with Gasteiger partial charge in [0.15, 0.2) is 0 Å². The zero-order valence-electron chi connectivity index (χ0n) is 8.03. The zero-order chi connectivity index (χ0) is 10.8. The standard InChI is InChI=1S/C9H14O4Si/c1-3-8(10)12-6-5-7-14-13-9(11)4-2/h3-4H,1-2,5-7,14H2. The highest BCUT2D eigenvalue weighted by Gasteiger charge is 1.98. The Kier molecular flexibility index (Phi) is 7.44. The highest BCUT2D eigenvalue weighted by Crippen LogP contribution is 1.92. The zero-order valence-corrected chi connectivity index (χ0v) is 9.44. The molecule has 0 fully saturated rings. The van der Waals surface area contributed by atoms with E-state index >= 15 is 0 Å². The van der Waals surface area contributed by atoms with Gasteiger partial charge in [0.25, 0.3) is 0 Å². The Bertz CT molecular complexity index is 201. The average molecular weight is 214 g/mol. The van der Waals surface area contributed by atoms with Crippen molar-refractivity contribution in [1.82, 2.24) is 0 Å². The Morgan fingerprint density at radius 3 is 2.43 bits per heavy atom. The number of carbonyl (C=O) groups is 2. The van der Waals surface area contributed by atoms with Gasteiger partial charge in [-0.15, -0.1) is 0 Å². The van der Waals surface area contributed by atoms with Crippen LogP contribution in [0.2, 0.25) is 6.04 Å². The van der Waals surface area contributed by atoms with Crippen molar-refractivity contribution >= 4 is 21.7 Å². The van der Waals surface area contributed by atoms with Crippen LogP contribution < -0.4 is 0 Å². The number of carbonyl (C=O) groups excluding carboxylic acids is 2. The first kappa shape index (κ1) is 12.6. The summed E-state index contributed by atoms with van der Waals surface area (Å²) in [6, 6.07) is 0.796. The second kappa shape index (κ2) is 8.24. The van der Waals surface area contributed by atoms with Crippen LogP contribution >= 0.6 is 0 Å². The summed E-state index contributed by atoms with van der Waals surface area (Å²) >= 11 is 0. The minimum atomic E-state index is -0.836. The van der Waals surface area contributed by atoms with E-state index in [1.807, 2.05) is 0 Å². The predicted molar refractivity (Wildman–Crippen MR) is 55.4 cm³/mol. The normalized spacial score (nSPS) is 9.71. The second-order valence-electron chi connectivity index (χ2n) is 2.45. The topological polar surface area (TPSA) is 52.6 Å². The minimum Gasteiger partial charge on any atom is -0.522 e. The Morgan fingerprint density at radius 1 is 1.21 bits per heavy atom. The van der Waals surface area contributed by atoms with Crippen LogP contribution in [0.25, 0.3) is 0 Å². The molecule has 0 bridgehead atoms. The van der Waals surface area contributed by atoms with Gasteiger partial charge in [-0.3, -0.25) is 0 Å². The lowest BCUT2D eigenvalue weighted by Gasteiger charge is -2.02. The molecule has 0 aromatic carbocycles. The highest BCUT2D eigenvalue weighted by atomic mass is 28.2. The van der Waals surface area contributed by atoms with Crippen molar-refractivity contribution in [1.29, 1.82) is 0 Å². The quantitative estimate of drug-likeness (QED) is 0.265. The third-order valence-electron chi connectivity index (χ3n) is 1.36. The maximum atomic E-state index is 10.6. The smallest absolute Gasteiger partial charge is 0.330 e. The van der Waals surface area contributed by atoms with Gasteiger partial charge in [-0.2, -0.15) is 0 Å². The largest absolute Gasteiger partial charge is 0.522 e. The average Bonchev–Trinajstić information content (AvgIpc) is 2.22. The highest BCUT2D eigenvalue weighted by molar-refractivity contribution is 6.31. The van der Waals surface area contributed by atoms with E-state index in [-0.39, 0.29) is 5.97 Å². The molecule has 4 nitrogen and oxygen atoms in total. The minimum absolute atomic E-state index is 0.351. The van der Waals surface area contributed by atoms with Crippen molar-refractivity contribution in [3.63, 3.8) is 0 Å². The Labute approximate surface area is 85.5 Å². The van der Waals surface area contributed by atoms with Gasteiger partial charge < -0.3 is 9.16 Å². The van der Waals surface area contributed by atoms with Crippen molar-refractivity contribution < 1.29 is 18.8 Å². The van der Waals surface area contributed by atoms with Crippen LogP contribution in [0.5, 0.6) is 0 Å². The third kappa shape index (κ3) is 7.29. The molecule has 0 spiro atoms. The summed E-state index contributed by atoms with van der Waals surface area (Å²) in [6.45, 7) is 6.89. The van der Waals surface area contributed by atoms with Gasteiger partial charge in [-0.25, -0.2) is 9.59 Å². The monoisotopic (exact) mass is 214 g/mol. The summed E-state index contributed by atoms with van der Waals surface area (Å²) in [7, 11) is -0.836. The molecule has 0 radical (unpaired) electrons. The summed E-state index contributed by atoms with van der Waals surface area (Å²) in [6.07, 6.45) is 2.98. The molecular formula is C9H14O4Si. The molecule has 0 aliphatic rings. The van der Waals surface area contributed by atoms with Crippen LogP contribution in [-0.2, 0) is 18.8 Å². The van der Waals surface area contributed by atoms with Crippen molar-refractivity contribution in [2.24, 2.45) is 0 Å². The SMILES string of the molecule is C=CC(=O)OCCC[SiH2]OC(=O)C=C. The summed E-state index contributed by atoms with van der Waals surface area (Å²) < 4.78 is 9.57. The molecule has 0 saturated heterocycles. The van der Waals surface area contributed by atoms with Crippen LogP contribution in [0.3, 0.4) is 0 Å². The summed E-state index contributed by atoms with van der Waals surface area (Å²) in [5.41, 5.74) is 0. The van der Waals surface area contributed by atoms with Crippen molar-refractivity contribution in [2.75, 3.05) is 6.61 Å². The third-order valence-corrected chi connectivity index (χ3v) is 2.64. The van der Waals surface area contributed by atoms with Gasteiger partial charge >= 0.3 is 11.9 Å². The van der Waals surface area contributed by atoms with Crippen molar-refractivity contribution in [3.05, 3.63) is 25.3 Å². The van der Waals surface area contributed by atoms with E-state index in [1.54, 1.807) is 0 Å². The molecule has 0 rings (SSSR count). The Morgan fingerprint density at radius 2 is 1.86 bits per heavy atom. The molecule has 0 aliphatic carbocycles. The second-order valence-corrected chi connectivity index (χ2v) is 3.85. The fourth-order valence-electron chi connectivity index (χ4n) is 0.667. The van der Waals surface area contributed by atoms with E-state index in [1.165, 1.54) is 0 Å². The first-order valence-corrected chi connectivity index (χ1v) is 5.87. The first-order valence-electron chi connectivity index (χ1n) is 4.29. The number of ether oxygens (including phenoxy) is 1. The molecule has 78 valence electrons. The van der Waals surface area contributed by atoms with Gasteiger partial charge in [0, 0.05) is 12.2 Å². The molecule has 5 heteroatoms. The summed E-state index contributed by atoms with van der Waals surface area (Å²) in [5, 5.41) is 0. The summed E-state index contributed by atoms with van der Waals surface area (Å²) in [4.78, 5) is 21.2. The molecule has 0 aromatic heterocycles. The Balaban J connectivity index is 3.21. The van der Waals surface area contributed by atoms with E-state index in [4.69, 9.17) is 9.16 Å². The molecular weight excluding hydrogens is 200 g/mol. The lowest BCUT2D eigenvalue weighted by molar-refractivity contribution is -0.137. The van der Waals surface area contributed by atoms with Crippen molar-refractivity contribution in [2.45, 2.75) is 12.5 Å². The van der Waals surface area contributed by atoms with Crippen LogP contribution in [0, 0.1) is 0 Å². The number of hydrogen-bond donors (Lipinski definition) is 0. The van der Waals surface area contributed by atoms with E-state index < -0.39 is 15.7 Å². The first-order chi connectivity index (χ1) is 6.70. The molecule has 0 atom stereocenters. The van der Waals surface area contributed by atoms with Crippen LogP contribution in [-0.4, -0.2) is 28.3 Å². The fourth-order valence-corrected chi connectivity index (χ4v) is 1.54. The maximum Gasteiger partial charge on any atom is 0.330 e.